The van der Waals surface area contributed by atoms with Crippen molar-refractivity contribution in [1.82, 2.24) is 9.88 Å². The number of fused-ring (bicyclic) bond motifs is 1. The van der Waals surface area contributed by atoms with Gasteiger partial charge in [-0.25, -0.2) is 0 Å². The number of hydrogen-bond acceptors (Lipinski definition) is 3. The number of nitrogens with zero attached hydrogens (tertiary/aromatic N) is 2. The molecule has 23 heavy (non-hydrogen) atoms. The fourth-order valence-corrected chi connectivity index (χ4v) is 3.07. The molecule has 1 unspecified atom stereocenters. The Hall–Kier alpha value is -1.82. The smallest absolute Gasteiger partial charge is 0.381 e. The summed E-state index contributed by atoms with van der Waals surface area (Å²) in [5.41, 5.74) is 1.01. The number of hydrogen-bond donors (Lipinski definition) is 1. The van der Waals surface area contributed by atoms with Gasteiger partial charge in [-0.15, -0.1) is 0 Å². The van der Waals surface area contributed by atoms with Gasteiger partial charge < -0.3 is 10.2 Å². The lowest BCUT2D eigenvalue weighted by molar-refractivity contribution is -0.138. The molecule has 0 bridgehead atoms. The van der Waals surface area contributed by atoms with Crippen LogP contribution in [-0.2, 0) is 0 Å². The van der Waals surface area contributed by atoms with Gasteiger partial charge in [0.15, 0.2) is 0 Å². The summed E-state index contributed by atoms with van der Waals surface area (Å²) in [5.74, 6) is 0. The summed E-state index contributed by atoms with van der Waals surface area (Å²) in [6.07, 6.45) is 0.670. The molecule has 2 heterocycles. The van der Waals surface area contributed by atoms with E-state index in [1.807, 2.05) is 29.3 Å². The molecule has 1 N–H and O–H groups in total. The third-order valence-corrected chi connectivity index (χ3v) is 4.23. The third-order valence-electron chi connectivity index (χ3n) is 4.23. The number of benzene rings is 1. The Kier molecular flexibility index (Phi) is 4.71. The molecule has 0 spiro atoms. The average Bonchev–Trinajstić information content (AvgIpc) is 2.53. The van der Waals surface area contributed by atoms with Gasteiger partial charge in [0.25, 0.3) is 0 Å². The van der Waals surface area contributed by atoms with Crippen LogP contribution < -0.4 is 5.32 Å². The summed E-state index contributed by atoms with van der Waals surface area (Å²) in [4.78, 5) is 5.99. The zero-order valence-corrected chi connectivity index (χ0v) is 12.8. The fourth-order valence-electron chi connectivity index (χ4n) is 3.07. The topological polar surface area (TPSA) is 28.2 Å². The van der Waals surface area contributed by atoms with Gasteiger partial charge in [-0.1, -0.05) is 6.07 Å². The SMILES string of the molecule is FC(F)(F)CCN1CCCC(Nc2ccc3cnccc3c2)C1. The largest absolute Gasteiger partial charge is 0.390 e. The highest BCUT2D eigenvalue weighted by atomic mass is 19.4. The van der Waals surface area contributed by atoms with Gasteiger partial charge >= 0.3 is 6.18 Å². The molecule has 1 aromatic heterocycles. The quantitative estimate of drug-likeness (QED) is 0.919. The molecule has 6 heteroatoms. The Morgan fingerprint density at radius 1 is 1.22 bits per heavy atom. The molecule has 0 amide bonds. The van der Waals surface area contributed by atoms with Crippen LogP contribution in [0.15, 0.2) is 36.7 Å². The molecule has 2 aromatic rings. The summed E-state index contributed by atoms with van der Waals surface area (Å²) in [5, 5.41) is 5.64. The van der Waals surface area contributed by atoms with E-state index in [1.165, 1.54) is 0 Å². The molecule has 0 saturated carbocycles. The summed E-state index contributed by atoms with van der Waals surface area (Å²) in [7, 11) is 0. The second-order valence-corrected chi connectivity index (χ2v) is 6.09. The Bertz CT molecular complexity index is 657. The highest BCUT2D eigenvalue weighted by Crippen LogP contribution is 2.23. The highest BCUT2D eigenvalue weighted by molar-refractivity contribution is 5.84. The van der Waals surface area contributed by atoms with E-state index in [0.717, 1.165) is 35.8 Å². The van der Waals surface area contributed by atoms with Gasteiger partial charge in [0.1, 0.15) is 0 Å². The van der Waals surface area contributed by atoms with Crippen molar-refractivity contribution in [2.75, 3.05) is 25.0 Å². The van der Waals surface area contributed by atoms with Gasteiger partial charge in [0.05, 0.1) is 6.42 Å². The van der Waals surface area contributed by atoms with E-state index in [4.69, 9.17) is 0 Å². The number of alkyl halides is 3. The van der Waals surface area contributed by atoms with Crippen LogP contribution in [0.25, 0.3) is 10.8 Å². The summed E-state index contributed by atoms with van der Waals surface area (Å²) >= 11 is 0. The van der Waals surface area contributed by atoms with Crippen molar-refractivity contribution in [1.29, 1.82) is 0 Å². The van der Waals surface area contributed by atoms with Crippen LogP contribution in [0.3, 0.4) is 0 Å². The number of likely N-dealkylation sites (tertiary alicyclic amines) is 1. The monoisotopic (exact) mass is 323 g/mol. The van der Waals surface area contributed by atoms with Gasteiger partial charge in [0.2, 0.25) is 0 Å². The Morgan fingerprint density at radius 2 is 2.09 bits per heavy atom. The molecular weight excluding hydrogens is 303 g/mol. The maximum Gasteiger partial charge on any atom is 0.390 e. The van der Waals surface area contributed by atoms with Crippen LogP contribution >= 0.6 is 0 Å². The van der Waals surface area contributed by atoms with Gasteiger partial charge in [0, 0.05) is 42.6 Å². The lowest BCUT2D eigenvalue weighted by Gasteiger charge is -2.33. The first-order chi connectivity index (χ1) is 11.0. The maximum absolute atomic E-state index is 12.4. The third kappa shape index (κ3) is 4.58. The van der Waals surface area contributed by atoms with Crippen molar-refractivity contribution in [3.63, 3.8) is 0 Å². The predicted octanol–water partition coefficient (Wildman–Crippen LogP) is 4.06. The molecular formula is C17H20F3N3. The van der Waals surface area contributed by atoms with Crippen molar-refractivity contribution in [2.24, 2.45) is 0 Å². The Labute approximate surface area is 133 Å². The normalized spacial score (nSPS) is 19.9. The molecule has 124 valence electrons. The van der Waals surface area contributed by atoms with Crippen molar-refractivity contribution in [3.8, 4) is 0 Å². The lowest BCUT2D eigenvalue weighted by atomic mass is 10.0. The molecule has 3 rings (SSSR count). The number of aromatic nitrogens is 1. The van der Waals surface area contributed by atoms with Gasteiger partial charge in [-0.05, 0) is 43.0 Å². The van der Waals surface area contributed by atoms with Crippen LogP contribution in [0.2, 0.25) is 0 Å². The maximum atomic E-state index is 12.4. The zero-order chi connectivity index (χ0) is 16.3. The number of pyridine rings is 1. The van der Waals surface area contributed by atoms with Gasteiger partial charge in [-0.2, -0.15) is 13.2 Å². The Balaban J connectivity index is 1.60. The molecule has 1 aromatic carbocycles. The molecule has 1 atom stereocenters. The predicted molar refractivity (Wildman–Crippen MR) is 85.5 cm³/mol. The van der Waals surface area contributed by atoms with Crippen molar-refractivity contribution in [2.45, 2.75) is 31.5 Å². The minimum Gasteiger partial charge on any atom is -0.381 e. The van der Waals surface area contributed by atoms with E-state index in [0.29, 0.717) is 6.54 Å². The summed E-state index contributed by atoms with van der Waals surface area (Å²) < 4.78 is 37.1. The molecule has 1 saturated heterocycles. The molecule has 1 aliphatic rings. The minimum atomic E-state index is -4.08. The molecule has 1 aliphatic heterocycles. The van der Waals surface area contributed by atoms with E-state index in [1.54, 1.807) is 6.20 Å². The number of anilines is 1. The van der Waals surface area contributed by atoms with E-state index in [9.17, 15) is 13.2 Å². The van der Waals surface area contributed by atoms with Crippen LogP contribution in [0.5, 0.6) is 0 Å². The van der Waals surface area contributed by atoms with Crippen molar-refractivity contribution in [3.05, 3.63) is 36.7 Å². The number of piperidine rings is 1. The molecule has 3 nitrogen and oxygen atoms in total. The first-order valence-corrected chi connectivity index (χ1v) is 7.89. The molecule has 0 radical (unpaired) electrons. The van der Waals surface area contributed by atoms with Crippen LogP contribution in [0, 0.1) is 0 Å². The Morgan fingerprint density at radius 3 is 2.91 bits per heavy atom. The first kappa shape index (κ1) is 16.1. The second-order valence-electron chi connectivity index (χ2n) is 6.09. The zero-order valence-electron chi connectivity index (χ0n) is 12.8. The van der Waals surface area contributed by atoms with Crippen LogP contribution in [0.4, 0.5) is 18.9 Å². The number of rotatable bonds is 4. The standard InChI is InChI=1S/C17H20F3N3/c18-17(19,20)6-9-23-8-1-2-16(12-23)22-15-4-3-14-11-21-7-5-13(14)10-15/h3-5,7,10-11,16,22H,1-2,6,8-9,12H2. The van der Waals surface area contributed by atoms with E-state index in [-0.39, 0.29) is 12.6 Å². The van der Waals surface area contributed by atoms with Crippen molar-refractivity contribution < 1.29 is 13.2 Å². The van der Waals surface area contributed by atoms with E-state index >= 15 is 0 Å². The van der Waals surface area contributed by atoms with E-state index < -0.39 is 12.6 Å². The number of halogens is 3. The summed E-state index contributed by atoms with van der Waals surface area (Å²) in [6, 6.07) is 8.22. The molecule has 0 aliphatic carbocycles. The van der Waals surface area contributed by atoms with Crippen LogP contribution in [0.1, 0.15) is 19.3 Å². The fraction of sp³-hybridized carbons (Fsp3) is 0.471. The van der Waals surface area contributed by atoms with Crippen LogP contribution in [-0.4, -0.2) is 41.7 Å². The highest BCUT2D eigenvalue weighted by Gasteiger charge is 2.29. The second kappa shape index (κ2) is 6.74. The van der Waals surface area contributed by atoms with Crippen molar-refractivity contribution >= 4 is 16.5 Å². The molecule has 1 fully saturated rings. The lowest BCUT2D eigenvalue weighted by Crippen LogP contribution is -2.43. The number of nitrogens with one attached hydrogen (secondary N) is 1. The average molecular weight is 323 g/mol. The first-order valence-electron chi connectivity index (χ1n) is 7.89. The minimum absolute atomic E-state index is 0.0884. The van der Waals surface area contributed by atoms with Gasteiger partial charge in [-0.3, -0.25) is 4.98 Å². The summed E-state index contributed by atoms with van der Waals surface area (Å²) in [6.45, 7) is 1.49. The van der Waals surface area contributed by atoms with E-state index in [2.05, 4.69) is 16.4 Å².